The molecule has 0 saturated heterocycles. The van der Waals surface area contributed by atoms with Crippen LogP contribution in [0.25, 0.3) is 0 Å². The molecule has 0 saturated carbocycles. The molecule has 1 aromatic carbocycles. The third-order valence-corrected chi connectivity index (χ3v) is 3.09. The first kappa shape index (κ1) is 13.4. The molecule has 1 heterocycles. The van der Waals surface area contributed by atoms with Crippen molar-refractivity contribution < 1.29 is 19.1 Å². The average molecular weight is 282 g/mol. The lowest BCUT2D eigenvalue weighted by Gasteiger charge is -2.19. The molecule has 1 aliphatic rings. The highest BCUT2D eigenvalue weighted by atomic mass is 35.5. The number of halogens is 1. The van der Waals surface area contributed by atoms with Crippen LogP contribution in [-0.2, 0) is 9.59 Å². The second-order valence-electron chi connectivity index (χ2n) is 3.96. The maximum Gasteiger partial charge on any atom is 0.261 e. The minimum absolute atomic E-state index is 0.295. The van der Waals surface area contributed by atoms with Gasteiger partial charge in [-0.05, 0) is 13.0 Å². The minimum Gasteiger partial charge on any atom is -0.495 e. The number of benzene rings is 1. The first-order valence-corrected chi connectivity index (χ1v) is 5.85. The van der Waals surface area contributed by atoms with Gasteiger partial charge in [0.2, 0.25) is 0 Å². The number of methoxy groups -OCH3 is 2. The first-order valence-electron chi connectivity index (χ1n) is 5.47. The quantitative estimate of drug-likeness (QED) is 0.797. The van der Waals surface area contributed by atoms with Gasteiger partial charge in [0.1, 0.15) is 11.5 Å². The summed E-state index contributed by atoms with van der Waals surface area (Å²) in [5.41, 5.74) is 0.676. The van der Waals surface area contributed by atoms with E-state index in [0.717, 1.165) is 4.90 Å². The Morgan fingerprint density at radius 2 is 1.74 bits per heavy atom. The summed E-state index contributed by atoms with van der Waals surface area (Å²) in [5, 5.41) is 0.295. The van der Waals surface area contributed by atoms with Crippen LogP contribution in [0.2, 0.25) is 5.02 Å². The number of anilines is 1. The molecule has 0 atom stereocenters. The Bertz CT molecular complexity index is 595. The van der Waals surface area contributed by atoms with Gasteiger partial charge in [-0.1, -0.05) is 11.6 Å². The molecule has 1 aliphatic heterocycles. The van der Waals surface area contributed by atoms with Crippen molar-refractivity contribution in [1.82, 2.24) is 0 Å². The van der Waals surface area contributed by atoms with E-state index in [2.05, 4.69) is 0 Å². The van der Waals surface area contributed by atoms with E-state index in [4.69, 9.17) is 21.1 Å². The molecule has 2 rings (SSSR count). The molecule has 0 bridgehead atoms. The molecular weight excluding hydrogens is 270 g/mol. The predicted molar refractivity (Wildman–Crippen MR) is 70.8 cm³/mol. The molecule has 1 aromatic rings. The standard InChI is InChI=1S/C13H12ClNO4/c1-7-4-12(16)15(13(7)17)9-5-8(14)10(18-2)6-11(9)19-3/h4-6H,1-3H3. The number of nitrogens with zero attached hydrogens (tertiary/aromatic N) is 1. The smallest absolute Gasteiger partial charge is 0.261 e. The molecule has 6 heteroatoms. The Morgan fingerprint density at radius 1 is 1.11 bits per heavy atom. The molecule has 0 radical (unpaired) electrons. The number of carbonyl (C=O) groups is 2. The minimum atomic E-state index is -0.415. The van der Waals surface area contributed by atoms with Crippen LogP contribution in [0.15, 0.2) is 23.8 Å². The molecule has 0 aromatic heterocycles. The molecule has 2 amide bonds. The number of rotatable bonds is 3. The van der Waals surface area contributed by atoms with Gasteiger partial charge in [0.05, 0.1) is 24.9 Å². The van der Waals surface area contributed by atoms with Crippen molar-refractivity contribution in [2.45, 2.75) is 6.92 Å². The first-order chi connectivity index (χ1) is 8.99. The molecule has 0 aliphatic carbocycles. The second kappa shape index (κ2) is 4.93. The van der Waals surface area contributed by atoms with Crippen LogP contribution in [0.1, 0.15) is 6.92 Å². The summed E-state index contributed by atoms with van der Waals surface area (Å²) in [5.74, 6) is -0.0522. The fourth-order valence-electron chi connectivity index (χ4n) is 1.83. The zero-order valence-corrected chi connectivity index (χ0v) is 11.4. The fourth-order valence-corrected chi connectivity index (χ4v) is 2.07. The summed E-state index contributed by atoms with van der Waals surface area (Å²) in [6.07, 6.45) is 1.28. The lowest BCUT2D eigenvalue weighted by atomic mass is 10.2. The second-order valence-corrected chi connectivity index (χ2v) is 4.37. The van der Waals surface area contributed by atoms with Crippen LogP contribution in [-0.4, -0.2) is 26.0 Å². The average Bonchev–Trinajstić information content (AvgIpc) is 2.63. The van der Waals surface area contributed by atoms with Gasteiger partial charge >= 0.3 is 0 Å². The largest absolute Gasteiger partial charge is 0.495 e. The van der Waals surface area contributed by atoms with Crippen LogP contribution in [0.5, 0.6) is 11.5 Å². The SMILES string of the molecule is COc1cc(OC)c(N2C(=O)C=C(C)C2=O)cc1Cl. The van der Waals surface area contributed by atoms with Crippen LogP contribution in [0, 0.1) is 0 Å². The maximum absolute atomic E-state index is 12.0. The van der Waals surface area contributed by atoms with Gasteiger partial charge in [-0.15, -0.1) is 0 Å². The van der Waals surface area contributed by atoms with Crippen molar-refractivity contribution in [2.75, 3.05) is 19.1 Å². The Balaban J connectivity index is 2.54. The Morgan fingerprint density at radius 3 is 2.21 bits per heavy atom. The van der Waals surface area contributed by atoms with Gasteiger partial charge in [-0.2, -0.15) is 0 Å². The molecule has 0 spiro atoms. The van der Waals surface area contributed by atoms with Crippen molar-refractivity contribution in [3.05, 3.63) is 28.8 Å². The van der Waals surface area contributed by atoms with Crippen molar-refractivity contribution in [3.63, 3.8) is 0 Å². The third-order valence-electron chi connectivity index (χ3n) is 2.80. The number of hydrogen-bond acceptors (Lipinski definition) is 4. The summed E-state index contributed by atoms with van der Waals surface area (Å²) in [7, 11) is 2.91. The Hall–Kier alpha value is -2.01. The van der Waals surface area contributed by atoms with E-state index < -0.39 is 5.91 Å². The van der Waals surface area contributed by atoms with Crippen molar-refractivity contribution in [1.29, 1.82) is 0 Å². The summed E-state index contributed by atoms with van der Waals surface area (Å²) >= 11 is 6.02. The highest BCUT2D eigenvalue weighted by Crippen LogP contribution is 2.39. The summed E-state index contributed by atoms with van der Waals surface area (Å²) in [6.45, 7) is 1.58. The molecule has 5 nitrogen and oxygen atoms in total. The molecule has 0 fully saturated rings. The van der Waals surface area contributed by atoms with Crippen LogP contribution < -0.4 is 14.4 Å². The number of hydrogen-bond donors (Lipinski definition) is 0. The van der Waals surface area contributed by atoms with Crippen molar-refractivity contribution >= 4 is 29.1 Å². The monoisotopic (exact) mass is 281 g/mol. The normalized spacial score (nSPS) is 14.7. The molecule has 19 heavy (non-hydrogen) atoms. The van der Waals surface area contributed by atoms with Crippen LogP contribution in [0.3, 0.4) is 0 Å². The Labute approximate surface area is 115 Å². The van der Waals surface area contributed by atoms with Gasteiger partial charge in [-0.3, -0.25) is 9.59 Å². The highest BCUT2D eigenvalue weighted by Gasteiger charge is 2.32. The van der Waals surface area contributed by atoms with Crippen molar-refractivity contribution in [3.8, 4) is 11.5 Å². The number of carbonyl (C=O) groups excluding carboxylic acids is 2. The molecule has 100 valence electrons. The van der Waals surface area contributed by atoms with Gasteiger partial charge in [0.15, 0.2) is 0 Å². The highest BCUT2D eigenvalue weighted by molar-refractivity contribution is 6.34. The Kier molecular flexibility index (Phi) is 3.48. The predicted octanol–water partition coefficient (Wildman–Crippen LogP) is 2.18. The maximum atomic E-state index is 12.0. The lowest BCUT2D eigenvalue weighted by Crippen LogP contribution is -2.30. The van der Waals surface area contributed by atoms with Gasteiger partial charge in [0, 0.05) is 17.7 Å². The van der Waals surface area contributed by atoms with E-state index in [1.807, 2.05) is 0 Å². The van der Waals surface area contributed by atoms with Crippen molar-refractivity contribution in [2.24, 2.45) is 0 Å². The summed E-state index contributed by atoms with van der Waals surface area (Å²) in [6, 6.07) is 3.01. The van der Waals surface area contributed by atoms with Crippen LogP contribution >= 0.6 is 11.6 Å². The summed E-state index contributed by atoms with van der Waals surface area (Å²) < 4.78 is 10.2. The van der Waals surface area contributed by atoms with E-state index in [1.54, 1.807) is 6.92 Å². The van der Waals surface area contributed by atoms with Gasteiger partial charge in [0.25, 0.3) is 11.8 Å². The van der Waals surface area contributed by atoms with E-state index in [9.17, 15) is 9.59 Å². The van der Waals surface area contributed by atoms with E-state index >= 15 is 0 Å². The van der Waals surface area contributed by atoms with E-state index in [1.165, 1.54) is 32.4 Å². The zero-order valence-electron chi connectivity index (χ0n) is 10.7. The summed E-state index contributed by atoms with van der Waals surface area (Å²) in [4.78, 5) is 24.8. The number of ether oxygens (including phenoxy) is 2. The lowest BCUT2D eigenvalue weighted by molar-refractivity contribution is -0.120. The van der Waals surface area contributed by atoms with Crippen LogP contribution in [0.4, 0.5) is 5.69 Å². The number of imide groups is 1. The van der Waals surface area contributed by atoms with E-state index in [0.29, 0.717) is 27.8 Å². The fraction of sp³-hybridized carbons (Fsp3) is 0.231. The zero-order chi connectivity index (χ0) is 14.2. The molecule has 0 unspecified atom stereocenters. The van der Waals surface area contributed by atoms with Gasteiger partial charge in [-0.25, -0.2) is 4.90 Å². The van der Waals surface area contributed by atoms with Gasteiger partial charge < -0.3 is 9.47 Å². The molecule has 0 N–H and O–H groups in total. The number of amides is 2. The topological polar surface area (TPSA) is 55.8 Å². The third kappa shape index (κ3) is 2.17. The molecular formula is C13H12ClNO4. The van der Waals surface area contributed by atoms with E-state index in [-0.39, 0.29) is 5.91 Å².